The molecule has 1 aliphatic rings. The molecular formula is C32H26N6O4. The van der Waals surface area contributed by atoms with Crippen molar-refractivity contribution < 1.29 is 19.5 Å². The number of nitriles is 1. The number of hydrogen-bond donors (Lipinski definition) is 4. The van der Waals surface area contributed by atoms with Crippen LogP contribution >= 0.6 is 0 Å². The molecule has 0 radical (unpaired) electrons. The molecule has 1 aliphatic heterocycles. The van der Waals surface area contributed by atoms with Gasteiger partial charge in [0.05, 0.1) is 53.8 Å². The second-order valence-corrected chi connectivity index (χ2v) is 9.97. The van der Waals surface area contributed by atoms with Gasteiger partial charge < -0.3 is 15.7 Å². The van der Waals surface area contributed by atoms with Crippen molar-refractivity contribution in [2.24, 2.45) is 0 Å². The van der Waals surface area contributed by atoms with Gasteiger partial charge in [0.25, 0.3) is 5.91 Å². The van der Waals surface area contributed by atoms with Crippen LogP contribution in [0.5, 0.6) is 0 Å². The monoisotopic (exact) mass is 558 g/mol. The zero-order valence-electron chi connectivity index (χ0n) is 22.8. The summed E-state index contributed by atoms with van der Waals surface area (Å²) in [6.07, 6.45) is -0.319. The van der Waals surface area contributed by atoms with Gasteiger partial charge in [-0.25, -0.2) is 4.98 Å². The van der Waals surface area contributed by atoms with E-state index < -0.39 is 17.9 Å². The minimum Gasteiger partial charge on any atom is -0.481 e. The summed E-state index contributed by atoms with van der Waals surface area (Å²) in [5.41, 5.74) is 10.4. The molecular weight excluding hydrogens is 532 g/mol. The van der Waals surface area contributed by atoms with E-state index in [2.05, 4.69) is 22.2 Å². The highest BCUT2D eigenvalue weighted by Gasteiger charge is 2.28. The van der Waals surface area contributed by atoms with Crippen LogP contribution in [0.2, 0.25) is 0 Å². The van der Waals surface area contributed by atoms with Crippen LogP contribution in [0.1, 0.15) is 39.5 Å². The first-order chi connectivity index (χ1) is 20.4. The molecule has 4 N–H and O–H groups in total. The Morgan fingerprint density at radius 1 is 1.10 bits per heavy atom. The molecule has 3 aromatic carbocycles. The van der Waals surface area contributed by atoms with Crippen molar-refractivity contribution in [1.82, 2.24) is 14.7 Å². The van der Waals surface area contributed by atoms with E-state index in [9.17, 15) is 20.0 Å². The van der Waals surface area contributed by atoms with E-state index in [0.717, 1.165) is 28.1 Å². The van der Waals surface area contributed by atoms with Crippen molar-refractivity contribution in [2.75, 3.05) is 17.9 Å². The SMILES string of the molecule is CONc1cccc(C(CC(=O)O)NC(=O)c2ccc3n4c(c(-c5ccc(C#N)cc5)nc24)Nc2c(C)cccc2-3)c1. The van der Waals surface area contributed by atoms with Gasteiger partial charge in [0.15, 0.2) is 5.65 Å². The standard InChI is InChI=1S/C32H26N6O4/c1-18-5-3-8-23-26-14-13-24(32(41)34-25(16-27(39)40)21-6-4-7-22(15-21)37-42-2)30-36-29(31(38(26)30)35-28(18)23)20-11-9-19(17-33)10-12-20/h3-15,25,35,37H,16H2,1-2H3,(H,34,41)(H,39,40). The van der Waals surface area contributed by atoms with Crippen LogP contribution in [-0.4, -0.2) is 33.5 Å². The number of anilines is 3. The zero-order chi connectivity index (χ0) is 29.4. The molecule has 0 fully saturated rings. The Bertz CT molecular complexity index is 1910. The number of rotatable bonds is 8. The fraction of sp³-hybridized carbons (Fsp3) is 0.125. The predicted molar refractivity (Wildman–Crippen MR) is 158 cm³/mol. The smallest absolute Gasteiger partial charge is 0.305 e. The summed E-state index contributed by atoms with van der Waals surface area (Å²) < 4.78 is 1.92. The molecule has 0 bridgehead atoms. The number of imidazole rings is 1. The van der Waals surface area contributed by atoms with Gasteiger partial charge in [0, 0.05) is 11.1 Å². The van der Waals surface area contributed by atoms with Gasteiger partial charge in [0.1, 0.15) is 11.5 Å². The van der Waals surface area contributed by atoms with Gasteiger partial charge in [-0.3, -0.25) is 24.3 Å². The van der Waals surface area contributed by atoms with Gasteiger partial charge in [-0.1, -0.05) is 42.5 Å². The summed E-state index contributed by atoms with van der Waals surface area (Å²) >= 11 is 0. The van der Waals surface area contributed by atoms with Crippen LogP contribution in [0, 0.1) is 18.3 Å². The zero-order valence-corrected chi connectivity index (χ0v) is 22.8. The molecule has 0 saturated carbocycles. The summed E-state index contributed by atoms with van der Waals surface area (Å²) in [6.45, 7) is 2.03. The molecule has 0 spiro atoms. The van der Waals surface area contributed by atoms with Gasteiger partial charge >= 0.3 is 5.97 Å². The van der Waals surface area contributed by atoms with Crippen molar-refractivity contribution in [3.05, 3.63) is 101 Å². The third-order valence-corrected chi connectivity index (χ3v) is 7.28. The van der Waals surface area contributed by atoms with E-state index in [1.54, 1.807) is 42.5 Å². The molecule has 42 heavy (non-hydrogen) atoms. The Kier molecular flexibility index (Phi) is 6.78. The second-order valence-electron chi connectivity index (χ2n) is 9.97. The van der Waals surface area contributed by atoms with E-state index in [-0.39, 0.29) is 6.42 Å². The fourth-order valence-electron chi connectivity index (χ4n) is 5.32. The number of aromatic nitrogens is 2. The molecule has 3 heterocycles. The largest absolute Gasteiger partial charge is 0.481 e. The predicted octanol–water partition coefficient (Wildman–Crippen LogP) is 5.82. The number of carboxylic acid groups (broad SMARTS) is 1. The van der Waals surface area contributed by atoms with Gasteiger partial charge in [-0.05, 0) is 54.4 Å². The lowest BCUT2D eigenvalue weighted by atomic mass is 10.0. The number of carbonyl (C=O) groups excluding carboxylic acids is 1. The van der Waals surface area contributed by atoms with Crippen LogP contribution < -0.4 is 16.1 Å². The maximum atomic E-state index is 13.8. The number of carbonyl (C=O) groups is 2. The van der Waals surface area contributed by atoms with E-state index in [1.807, 2.05) is 47.7 Å². The van der Waals surface area contributed by atoms with Crippen molar-refractivity contribution in [2.45, 2.75) is 19.4 Å². The second kappa shape index (κ2) is 10.7. The van der Waals surface area contributed by atoms with Gasteiger partial charge in [-0.15, -0.1) is 0 Å². The van der Waals surface area contributed by atoms with E-state index in [0.29, 0.717) is 39.5 Å². The Morgan fingerprint density at radius 2 is 1.88 bits per heavy atom. The Morgan fingerprint density at radius 3 is 2.62 bits per heavy atom. The van der Waals surface area contributed by atoms with Crippen molar-refractivity contribution in [1.29, 1.82) is 5.26 Å². The average Bonchev–Trinajstić information content (AvgIpc) is 3.37. The molecule has 0 saturated heterocycles. The summed E-state index contributed by atoms with van der Waals surface area (Å²) in [6, 6.07) is 25.1. The maximum absolute atomic E-state index is 13.8. The molecule has 5 aromatic rings. The summed E-state index contributed by atoms with van der Waals surface area (Å²) in [5.74, 6) is -0.819. The number of aryl methyl sites for hydroxylation is 1. The molecule has 1 atom stereocenters. The summed E-state index contributed by atoms with van der Waals surface area (Å²) in [4.78, 5) is 35.5. The van der Waals surface area contributed by atoms with Crippen LogP contribution in [0.15, 0.2) is 78.9 Å². The molecule has 10 heteroatoms. The number of pyridine rings is 1. The van der Waals surface area contributed by atoms with E-state index in [1.165, 1.54) is 7.11 Å². The van der Waals surface area contributed by atoms with E-state index in [4.69, 9.17) is 9.82 Å². The topological polar surface area (TPSA) is 141 Å². The maximum Gasteiger partial charge on any atom is 0.305 e. The molecule has 1 unspecified atom stereocenters. The number of aliphatic carboxylic acids is 1. The minimum atomic E-state index is -1.05. The average molecular weight is 559 g/mol. The molecule has 208 valence electrons. The fourth-order valence-corrected chi connectivity index (χ4v) is 5.32. The van der Waals surface area contributed by atoms with E-state index >= 15 is 0 Å². The number of fused-ring (bicyclic) bond motifs is 2. The molecule has 1 amide bonds. The minimum absolute atomic E-state index is 0.291. The number of amides is 1. The number of carboxylic acids is 1. The molecule has 10 nitrogen and oxygen atoms in total. The number of nitrogens with zero attached hydrogens (tertiary/aromatic N) is 3. The lowest BCUT2D eigenvalue weighted by Gasteiger charge is -2.23. The van der Waals surface area contributed by atoms with Gasteiger partial charge in [0.2, 0.25) is 0 Å². The first-order valence-electron chi connectivity index (χ1n) is 13.2. The Hall–Kier alpha value is -5.66. The number of para-hydroxylation sites is 1. The van der Waals surface area contributed by atoms with Crippen molar-refractivity contribution in [3.63, 3.8) is 0 Å². The van der Waals surface area contributed by atoms with Crippen molar-refractivity contribution in [3.8, 4) is 28.6 Å². The normalized spacial score (nSPS) is 12.1. The first kappa shape index (κ1) is 26.6. The summed E-state index contributed by atoms with van der Waals surface area (Å²) in [7, 11) is 1.48. The lowest BCUT2D eigenvalue weighted by Crippen LogP contribution is -2.30. The molecule has 0 aliphatic carbocycles. The van der Waals surface area contributed by atoms with Crippen LogP contribution in [0.4, 0.5) is 17.2 Å². The van der Waals surface area contributed by atoms with Gasteiger partial charge in [-0.2, -0.15) is 5.26 Å². The number of hydrogen-bond acceptors (Lipinski definition) is 7. The highest BCUT2D eigenvalue weighted by atomic mass is 16.6. The lowest BCUT2D eigenvalue weighted by molar-refractivity contribution is -0.137. The number of nitrogens with one attached hydrogen (secondary N) is 3. The highest BCUT2D eigenvalue weighted by molar-refractivity contribution is 6.03. The summed E-state index contributed by atoms with van der Waals surface area (Å²) in [5, 5.41) is 25.4. The Balaban J connectivity index is 1.47. The molecule has 6 rings (SSSR count). The quantitative estimate of drug-likeness (QED) is 0.171. The van der Waals surface area contributed by atoms with Crippen LogP contribution in [0.25, 0.3) is 28.2 Å². The third kappa shape index (κ3) is 4.68. The first-order valence-corrected chi connectivity index (χ1v) is 13.2. The van der Waals surface area contributed by atoms with Crippen LogP contribution in [0.3, 0.4) is 0 Å². The van der Waals surface area contributed by atoms with Crippen molar-refractivity contribution >= 4 is 34.7 Å². The third-order valence-electron chi connectivity index (χ3n) is 7.28. The number of benzene rings is 3. The molecule has 2 aromatic heterocycles. The highest BCUT2D eigenvalue weighted by Crippen LogP contribution is 2.43. The Labute approximate surface area is 241 Å². The van der Waals surface area contributed by atoms with Crippen LogP contribution in [-0.2, 0) is 9.63 Å².